The first kappa shape index (κ1) is 42.7. The Labute approximate surface area is 307 Å². The average Bonchev–Trinajstić information content (AvgIpc) is 3.13. The average molecular weight is 759 g/mol. The Morgan fingerprint density at radius 3 is 1.51 bits per heavy atom. The zero-order chi connectivity index (χ0) is 38.9. The van der Waals surface area contributed by atoms with Gasteiger partial charge in [0, 0.05) is 22.2 Å². The zero-order valence-corrected chi connectivity index (χ0v) is 30.7. The number of hydrogen-bond donors (Lipinski definition) is 2. The fourth-order valence-electron chi connectivity index (χ4n) is 7.68. The molecule has 13 heteroatoms. The van der Waals surface area contributed by atoms with E-state index in [4.69, 9.17) is 19.5 Å². The largest absolute Gasteiger partial charge is 0.491 e. The van der Waals surface area contributed by atoms with Gasteiger partial charge in [0.15, 0.2) is 29.0 Å². The van der Waals surface area contributed by atoms with E-state index >= 15 is 0 Å². The van der Waals surface area contributed by atoms with Crippen LogP contribution >= 0.6 is 0 Å². The van der Waals surface area contributed by atoms with Gasteiger partial charge in [-0.05, 0) is 74.0 Å². The highest BCUT2D eigenvalue weighted by Gasteiger charge is 2.62. The van der Waals surface area contributed by atoms with Crippen molar-refractivity contribution in [2.75, 3.05) is 13.2 Å². The van der Waals surface area contributed by atoms with Gasteiger partial charge in [-0.1, -0.05) is 90.4 Å². The lowest BCUT2D eigenvalue weighted by Gasteiger charge is -2.33. The quantitative estimate of drug-likeness (QED) is 0.158. The molecule has 2 aromatic carbocycles. The van der Waals surface area contributed by atoms with Gasteiger partial charge in [-0.2, -0.15) is 26.3 Å². The third-order valence-corrected chi connectivity index (χ3v) is 10.9. The minimum absolute atomic E-state index is 0.169. The van der Waals surface area contributed by atoms with Crippen LogP contribution in [0.2, 0.25) is 0 Å². The molecule has 0 bridgehead atoms. The first-order valence-corrected chi connectivity index (χ1v) is 18.9. The molecule has 0 radical (unpaired) electrons. The van der Waals surface area contributed by atoms with Crippen molar-refractivity contribution >= 4 is 18.2 Å². The van der Waals surface area contributed by atoms with Crippen molar-refractivity contribution in [2.45, 2.75) is 116 Å². The van der Waals surface area contributed by atoms with Crippen LogP contribution in [0.1, 0.15) is 110 Å². The summed E-state index contributed by atoms with van der Waals surface area (Å²) in [6, 6.07) is 4.30. The number of hydrogen-bond acceptors (Lipinski definition) is 4. The molecule has 0 unspecified atom stereocenters. The third-order valence-electron chi connectivity index (χ3n) is 10.9. The second-order valence-corrected chi connectivity index (χ2v) is 14.6. The van der Waals surface area contributed by atoms with Crippen LogP contribution < -0.4 is 14.9 Å². The summed E-state index contributed by atoms with van der Waals surface area (Å²) in [6.45, 7) is 6.25. The van der Waals surface area contributed by atoms with Gasteiger partial charge in [-0.15, -0.1) is 0 Å². The molecular formula is C40H51BF8O4. The van der Waals surface area contributed by atoms with E-state index in [0.717, 1.165) is 81.2 Å². The van der Waals surface area contributed by atoms with Crippen molar-refractivity contribution in [3.8, 4) is 11.5 Å². The van der Waals surface area contributed by atoms with Crippen molar-refractivity contribution < 1.29 is 54.6 Å². The normalized spacial score (nSPS) is 23.6. The highest BCUT2D eigenvalue weighted by Crippen LogP contribution is 2.52. The molecule has 0 atom stereocenters. The topological polar surface area (TPSA) is 58.9 Å². The third kappa shape index (κ3) is 10.2. The summed E-state index contributed by atoms with van der Waals surface area (Å²) in [4.78, 5) is 0. The Hall–Kier alpha value is -3.06. The van der Waals surface area contributed by atoms with Crippen LogP contribution in [0, 0.1) is 46.9 Å². The molecule has 3 aliphatic rings. The van der Waals surface area contributed by atoms with Crippen molar-refractivity contribution in [2.24, 2.45) is 23.7 Å². The van der Waals surface area contributed by atoms with Crippen LogP contribution in [0.5, 0.6) is 11.5 Å². The van der Waals surface area contributed by atoms with Crippen LogP contribution in [0.4, 0.5) is 35.1 Å². The molecule has 0 aliphatic heterocycles. The molecule has 2 fully saturated rings. The summed E-state index contributed by atoms with van der Waals surface area (Å²) in [7, 11) is -2.03. The second kappa shape index (κ2) is 19.0. The van der Waals surface area contributed by atoms with Crippen LogP contribution in [0.3, 0.4) is 0 Å². The lowest BCUT2D eigenvalue weighted by molar-refractivity contribution is -0.149. The Bertz CT molecular complexity index is 1560. The zero-order valence-electron chi connectivity index (χ0n) is 30.7. The van der Waals surface area contributed by atoms with E-state index in [1.165, 1.54) is 45.1 Å². The van der Waals surface area contributed by atoms with Crippen LogP contribution in [-0.4, -0.2) is 42.2 Å². The van der Waals surface area contributed by atoms with Gasteiger partial charge in [0.1, 0.15) is 0 Å². The fraction of sp³-hybridized carbons (Fsp3) is 0.600. The number of benzene rings is 2. The van der Waals surface area contributed by atoms with Gasteiger partial charge in [0.25, 0.3) is 0 Å². The molecule has 2 saturated carbocycles. The van der Waals surface area contributed by atoms with Gasteiger partial charge in [0.2, 0.25) is 5.82 Å². The summed E-state index contributed by atoms with van der Waals surface area (Å²) < 4.78 is 125. The van der Waals surface area contributed by atoms with E-state index < -0.39 is 70.2 Å². The predicted octanol–water partition coefficient (Wildman–Crippen LogP) is 10.6. The van der Waals surface area contributed by atoms with E-state index in [-0.39, 0.29) is 24.7 Å². The number of halogens is 8. The number of allylic oxidation sites excluding steroid dienone is 4. The summed E-state index contributed by atoms with van der Waals surface area (Å²) in [6.07, 6.45) is 14.6. The van der Waals surface area contributed by atoms with E-state index in [2.05, 4.69) is 13.8 Å². The van der Waals surface area contributed by atoms with E-state index in [1.807, 2.05) is 0 Å². The first-order chi connectivity index (χ1) is 25.2. The predicted molar refractivity (Wildman–Crippen MR) is 190 cm³/mol. The molecule has 2 N–H and O–H groups in total. The number of alkyl halides is 4. The molecule has 2 aromatic rings. The number of rotatable bonds is 13. The van der Waals surface area contributed by atoms with Gasteiger partial charge < -0.3 is 19.5 Å². The minimum atomic E-state index is -4.65. The highest BCUT2D eigenvalue weighted by molar-refractivity contribution is 6.58. The molecular weight excluding hydrogens is 707 g/mol. The highest BCUT2D eigenvalue weighted by atomic mass is 19.3. The monoisotopic (exact) mass is 758 g/mol. The lowest BCUT2D eigenvalue weighted by atomic mass is 9.79. The Kier molecular flexibility index (Phi) is 15.3. The Morgan fingerprint density at radius 1 is 0.604 bits per heavy atom. The van der Waals surface area contributed by atoms with Gasteiger partial charge in [-0.25, -0.2) is 8.78 Å². The summed E-state index contributed by atoms with van der Waals surface area (Å²) in [5.74, 6) is -13.1. The number of ether oxygens (including phenoxy) is 2. The molecule has 3 aliphatic carbocycles. The molecule has 0 aromatic heterocycles. The summed E-state index contributed by atoms with van der Waals surface area (Å²) in [5.41, 5.74) is -3.37. The minimum Gasteiger partial charge on any atom is -0.490 e. The van der Waals surface area contributed by atoms with Gasteiger partial charge in [0.05, 0.1) is 13.2 Å². The van der Waals surface area contributed by atoms with E-state index in [0.29, 0.717) is 18.4 Å². The SMILES string of the molecule is CCCC1CCC(COc2ccc(B(O)O)c(F)c2F)CC1.CCCC1CCC(COc2ccc(C3=CC=C(CC)C(F)(F)C3(F)F)c(F)c2F)CC1. The maximum Gasteiger partial charge on any atom is 0.491 e. The molecule has 53 heavy (non-hydrogen) atoms. The van der Waals surface area contributed by atoms with Crippen LogP contribution in [0.15, 0.2) is 42.0 Å². The van der Waals surface area contributed by atoms with E-state index in [1.54, 1.807) is 0 Å². The van der Waals surface area contributed by atoms with Crippen molar-refractivity contribution in [1.29, 1.82) is 0 Å². The maximum absolute atomic E-state index is 14.6. The second-order valence-electron chi connectivity index (χ2n) is 14.6. The molecule has 0 heterocycles. The van der Waals surface area contributed by atoms with Gasteiger partial charge >= 0.3 is 19.0 Å². The van der Waals surface area contributed by atoms with Gasteiger partial charge in [-0.3, -0.25) is 0 Å². The molecule has 294 valence electrons. The lowest BCUT2D eigenvalue weighted by Crippen LogP contribution is -2.44. The molecule has 4 nitrogen and oxygen atoms in total. The molecule has 5 rings (SSSR count). The summed E-state index contributed by atoms with van der Waals surface area (Å²) >= 11 is 0. The Morgan fingerprint density at radius 2 is 1.06 bits per heavy atom. The van der Waals surface area contributed by atoms with Crippen LogP contribution in [0.25, 0.3) is 5.57 Å². The first-order valence-electron chi connectivity index (χ1n) is 18.9. The molecule has 0 saturated heterocycles. The van der Waals surface area contributed by atoms with Crippen molar-refractivity contribution in [3.05, 3.63) is 70.8 Å². The van der Waals surface area contributed by atoms with E-state index in [9.17, 15) is 35.1 Å². The molecule has 0 amide bonds. The molecule has 0 spiro atoms. The maximum atomic E-state index is 14.6. The fourth-order valence-corrected chi connectivity index (χ4v) is 7.68. The summed E-state index contributed by atoms with van der Waals surface area (Å²) in [5, 5.41) is 17.9. The van der Waals surface area contributed by atoms with Crippen molar-refractivity contribution in [3.63, 3.8) is 0 Å². The Balaban J connectivity index is 0.000000251. The standard InChI is InChI=1S/C24H28F6O.C16H23BF2O3/c1-3-5-15-6-8-16(9-7-15)14-31-20-13-11-18(21(25)22(20)26)19-12-10-17(4-2)23(27,28)24(19,29)30;1-2-3-11-4-6-12(7-5-11)10-22-14-9-8-13(17(20)21)15(18)16(14)19/h10-13,15-16H,3-9,14H2,1-2H3;8-9,11-12,20-21H,2-7,10H2,1H3. The van der Waals surface area contributed by atoms with Crippen LogP contribution in [-0.2, 0) is 0 Å². The smallest absolute Gasteiger partial charge is 0.490 e. The van der Waals surface area contributed by atoms with Crippen molar-refractivity contribution in [1.82, 2.24) is 0 Å².